The summed E-state index contributed by atoms with van der Waals surface area (Å²) in [7, 11) is 1.46. The Morgan fingerprint density at radius 1 is 1.57 bits per heavy atom. The molecule has 5 heteroatoms. The van der Waals surface area contributed by atoms with Crippen molar-refractivity contribution in [2.75, 3.05) is 7.05 Å². The van der Waals surface area contributed by atoms with Gasteiger partial charge in [0, 0.05) is 0 Å². The summed E-state index contributed by atoms with van der Waals surface area (Å²) in [6, 6.07) is 0.652. The van der Waals surface area contributed by atoms with Gasteiger partial charge >= 0.3 is 5.97 Å². The Labute approximate surface area is 85.6 Å². The second kappa shape index (κ2) is 4.34. The van der Waals surface area contributed by atoms with Crippen LogP contribution in [0.1, 0.15) is 15.2 Å². The summed E-state index contributed by atoms with van der Waals surface area (Å²) in [4.78, 5) is 22.9. The fraction of sp³-hybridized carbons (Fsp3) is 0.333. The third-order valence-corrected chi connectivity index (χ3v) is 2.91. The molecule has 0 amide bonds. The van der Waals surface area contributed by atoms with E-state index in [1.54, 1.807) is 18.4 Å². The van der Waals surface area contributed by atoms with Gasteiger partial charge in [0.2, 0.25) is 5.78 Å². The highest BCUT2D eigenvalue weighted by atomic mass is 32.1. The molecule has 14 heavy (non-hydrogen) atoms. The average molecular weight is 213 g/mol. The SMILES string of the molecule is CNC(C(=O)O)C(=O)c1sccc1C. The predicted molar refractivity (Wildman–Crippen MR) is 53.9 cm³/mol. The van der Waals surface area contributed by atoms with E-state index in [2.05, 4.69) is 5.32 Å². The predicted octanol–water partition coefficient (Wildman–Crippen LogP) is 0.912. The van der Waals surface area contributed by atoms with E-state index < -0.39 is 12.0 Å². The molecule has 0 spiro atoms. The second-order valence-electron chi connectivity index (χ2n) is 2.86. The highest BCUT2D eigenvalue weighted by molar-refractivity contribution is 7.12. The summed E-state index contributed by atoms with van der Waals surface area (Å²) in [5.74, 6) is -1.53. The minimum absolute atomic E-state index is 0.382. The number of Topliss-reactive ketones (excluding diaryl/α,β-unsaturated/α-hetero) is 1. The Hall–Kier alpha value is -1.20. The van der Waals surface area contributed by atoms with E-state index in [4.69, 9.17) is 5.11 Å². The Morgan fingerprint density at radius 3 is 2.57 bits per heavy atom. The maximum Gasteiger partial charge on any atom is 0.328 e. The van der Waals surface area contributed by atoms with Crippen LogP contribution in [0.4, 0.5) is 0 Å². The van der Waals surface area contributed by atoms with Crippen LogP contribution in [0.5, 0.6) is 0 Å². The van der Waals surface area contributed by atoms with E-state index in [0.717, 1.165) is 5.56 Å². The Bertz CT molecular complexity index is 359. The van der Waals surface area contributed by atoms with Gasteiger partial charge in [0.1, 0.15) is 0 Å². The number of hydrogen-bond acceptors (Lipinski definition) is 4. The molecular weight excluding hydrogens is 202 g/mol. The van der Waals surface area contributed by atoms with Crippen LogP contribution < -0.4 is 5.32 Å². The summed E-state index contributed by atoms with van der Waals surface area (Å²) in [6.07, 6.45) is 0. The molecule has 1 atom stereocenters. The summed E-state index contributed by atoms with van der Waals surface area (Å²) in [5.41, 5.74) is 0.821. The Kier molecular flexibility index (Phi) is 3.38. The van der Waals surface area contributed by atoms with Crippen LogP contribution in [0.2, 0.25) is 0 Å². The van der Waals surface area contributed by atoms with Crippen molar-refractivity contribution in [1.29, 1.82) is 0 Å². The van der Waals surface area contributed by atoms with Gasteiger partial charge in [-0.2, -0.15) is 0 Å². The Morgan fingerprint density at radius 2 is 2.21 bits per heavy atom. The monoisotopic (exact) mass is 213 g/mol. The molecule has 76 valence electrons. The number of aryl methyl sites for hydroxylation is 1. The van der Waals surface area contributed by atoms with E-state index in [1.807, 2.05) is 0 Å². The van der Waals surface area contributed by atoms with Crippen LogP contribution in [-0.2, 0) is 4.79 Å². The van der Waals surface area contributed by atoms with Gasteiger partial charge in [-0.25, -0.2) is 0 Å². The van der Waals surface area contributed by atoms with Crippen LogP contribution in [0.25, 0.3) is 0 Å². The smallest absolute Gasteiger partial charge is 0.328 e. The van der Waals surface area contributed by atoms with Gasteiger partial charge in [0.25, 0.3) is 0 Å². The van der Waals surface area contributed by atoms with Gasteiger partial charge in [-0.15, -0.1) is 11.3 Å². The van der Waals surface area contributed by atoms with Crippen LogP contribution in [-0.4, -0.2) is 29.9 Å². The zero-order valence-electron chi connectivity index (χ0n) is 7.90. The lowest BCUT2D eigenvalue weighted by Crippen LogP contribution is -2.41. The molecule has 2 N–H and O–H groups in total. The average Bonchev–Trinajstić information content (AvgIpc) is 2.51. The molecule has 0 bridgehead atoms. The number of ketones is 1. The van der Waals surface area contributed by atoms with Crippen molar-refractivity contribution in [1.82, 2.24) is 5.32 Å². The molecule has 0 aromatic carbocycles. The van der Waals surface area contributed by atoms with E-state index in [-0.39, 0.29) is 5.78 Å². The zero-order valence-corrected chi connectivity index (χ0v) is 8.72. The molecule has 4 nitrogen and oxygen atoms in total. The van der Waals surface area contributed by atoms with Crippen molar-refractivity contribution in [2.45, 2.75) is 13.0 Å². The molecule has 0 aliphatic carbocycles. The number of hydrogen-bond donors (Lipinski definition) is 2. The standard InChI is InChI=1S/C9H11NO3S/c1-5-3-4-14-8(5)7(11)6(10-2)9(12)13/h3-4,6,10H,1-2H3,(H,12,13). The maximum atomic E-state index is 11.7. The maximum absolute atomic E-state index is 11.7. The first-order valence-corrected chi connectivity index (χ1v) is 4.94. The van der Waals surface area contributed by atoms with E-state index in [0.29, 0.717) is 4.88 Å². The number of rotatable bonds is 4. The lowest BCUT2D eigenvalue weighted by Gasteiger charge is -2.08. The van der Waals surface area contributed by atoms with Crippen LogP contribution >= 0.6 is 11.3 Å². The van der Waals surface area contributed by atoms with E-state index in [1.165, 1.54) is 18.4 Å². The Balaban J connectivity index is 2.95. The van der Waals surface area contributed by atoms with Gasteiger partial charge < -0.3 is 10.4 Å². The first-order valence-electron chi connectivity index (χ1n) is 4.06. The van der Waals surface area contributed by atoms with Crippen molar-refractivity contribution in [3.63, 3.8) is 0 Å². The van der Waals surface area contributed by atoms with Gasteiger partial charge in [-0.05, 0) is 31.0 Å². The van der Waals surface area contributed by atoms with Crippen LogP contribution in [0, 0.1) is 6.92 Å². The lowest BCUT2D eigenvalue weighted by atomic mass is 10.1. The lowest BCUT2D eigenvalue weighted by molar-refractivity contribution is -0.137. The number of carbonyl (C=O) groups is 2. The summed E-state index contributed by atoms with van der Waals surface area (Å²) < 4.78 is 0. The third kappa shape index (κ3) is 2.00. The first-order chi connectivity index (χ1) is 6.57. The minimum atomic E-state index is -1.15. The molecule has 1 unspecified atom stereocenters. The summed E-state index contributed by atoms with van der Waals surface area (Å²) in [6.45, 7) is 1.79. The number of likely N-dealkylation sites (N-methyl/N-ethyl adjacent to an activating group) is 1. The molecule has 1 aromatic rings. The summed E-state index contributed by atoms with van der Waals surface area (Å²) >= 11 is 1.27. The van der Waals surface area contributed by atoms with Gasteiger partial charge in [0.05, 0.1) is 4.88 Å². The molecule has 0 saturated heterocycles. The van der Waals surface area contributed by atoms with Crippen molar-refractivity contribution in [3.05, 3.63) is 21.9 Å². The van der Waals surface area contributed by atoms with Gasteiger partial charge in [-0.1, -0.05) is 0 Å². The number of aliphatic carboxylic acids is 1. The molecule has 0 fully saturated rings. The van der Waals surface area contributed by atoms with Gasteiger partial charge in [-0.3, -0.25) is 9.59 Å². The highest BCUT2D eigenvalue weighted by Gasteiger charge is 2.27. The quantitative estimate of drug-likeness (QED) is 0.576. The number of nitrogens with one attached hydrogen (secondary N) is 1. The van der Waals surface area contributed by atoms with Crippen molar-refractivity contribution in [3.8, 4) is 0 Å². The van der Waals surface area contributed by atoms with E-state index in [9.17, 15) is 9.59 Å². The first kappa shape index (κ1) is 10.9. The molecule has 0 aliphatic rings. The molecule has 0 aliphatic heterocycles. The number of carboxylic acids is 1. The van der Waals surface area contributed by atoms with Crippen LogP contribution in [0.3, 0.4) is 0 Å². The molecule has 0 radical (unpaired) electrons. The van der Waals surface area contributed by atoms with Gasteiger partial charge in [0.15, 0.2) is 6.04 Å². The molecule has 1 aromatic heterocycles. The normalized spacial score (nSPS) is 12.4. The number of carboxylic acid groups (broad SMARTS) is 1. The highest BCUT2D eigenvalue weighted by Crippen LogP contribution is 2.17. The molecule has 1 rings (SSSR count). The minimum Gasteiger partial charge on any atom is -0.480 e. The molecule has 0 saturated carbocycles. The topological polar surface area (TPSA) is 66.4 Å². The second-order valence-corrected chi connectivity index (χ2v) is 3.77. The molecule has 1 heterocycles. The van der Waals surface area contributed by atoms with Crippen molar-refractivity contribution < 1.29 is 14.7 Å². The molecular formula is C9H11NO3S. The van der Waals surface area contributed by atoms with Crippen LogP contribution in [0.15, 0.2) is 11.4 Å². The zero-order chi connectivity index (χ0) is 10.7. The third-order valence-electron chi connectivity index (χ3n) is 1.88. The fourth-order valence-electron chi connectivity index (χ4n) is 1.12. The number of thiophene rings is 1. The summed E-state index contributed by atoms with van der Waals surface area (Å²) in [5, 5.41) is 13.0. The van der Waals surface area contributed by atoms with Crippen molar-refractivity contribution >= 4 is 23.1 Å². The number of carbonyl (C=O) groups excluding carboxylic acids is 1. The van der Waals surface area contributed by atoms with E-state index >= 15 is 0 Å². The fourth-order valence-corrected chi connectivity index (χ4v) is 2.02. The largest absolute Gasteiger partial charge is 0.480 e. The van der Waals surface area contributed by atoms with Crippen molar-refractivity contribution in [2.24, 2.45) is 0 Å².